The molecule has 0 saturated carbocycles. The second-order valence-electron chi connectivity index (χ2n) is 7.97. The molecule has 1 amide bonds. The predicted molar refractivity (Wildman–Crippen MR) is 118 cm³/mol. The molecule has 6 nitrogen and oxygen atoms in total. The number of hydrogen-bond donors (Lipinski definition) is 1. The number of imidazole rings is 1. The maximum Gasteiger partial charge on any atom is 0.258 e. The average Bonchev–Trinajstić information content (AvgIpc) is 3.39. The summed E-state index contributed by atoms with van der Waals surface area (Å²) in [6.07, 6.45) is 7.99. The third kappa shape index (κ3) is 3.93. The summed E-state index contributed by atoms with van der Waals surface area (Å²) < 4.78 is 13.7. The smallest absolute Gasteiger partial charge is 0.258 e. The van der Waals surface area contributed by atoms with Gasteiger partial charge >= 0.3 is 0 Å². The number of fused-ring (bicyclic) bond motifs is 3. The number of ether oxygens (including phenoxy) is 1. The van der Waals surface area contributed by atoms with Crippen molar-refractivity contribution >= 4 is 16.9 Å². The SMILES string of the molecule is Cn1ccnc1C(NC(=O)COc1ccc2oc3c(c2c1)CCCC3)c1ccccc1. The lowest BCUT2D eigenvalue weighted by Gasteiger charge is -2.19. The van der Waals surface area contributed by atoms with Crippen molar-refractivity contribution < 1.29 is 13.9 Å². The van der Waals surface area contributed by atoms with Gasteiger partial charge in [-0.1, -0.05) is 30.3 Å². The number of aromatic nitrogens is 2. The highest BCUT2D eigenvalue weighted by molar-refractivity contribution is 5.84. The molecule has 0 bridgehead atoms. The lowest BCUT2D eigenvalue weighted by molar-refractivity contribution is -0.123. The summed E-state index contributed by atoms with van der Waals surface area (Å²) >= 11 is 0. The Morgan fingerprint density at radius 2 is 2.03 bits per heavy atom. The van der Waals surface area contributed by atoms with Crippen LogP contribution in [-0.4, -0.2) is 22.1 Å². The van der Waals surface area contributed by atoms with Crippen LogP contribution in [0.5, 0.6) is 5.75 Å². The van der Waals surface area contributed by atoms with E-state index in [0.717, 1.165) is 41.0 Å². The number of nitrogens with zero attached hydrogens (tertiary/aromatic N) is 2. The number of furan rings is 1. The Balaban J connectivity index is 1.31. The molecule has 6 heteroatoms. The first-order valence-corrected chi connectivity index (χ1v) is 10.7. The number of amides is 1. The van der Waals surface area contributed by atoms with Gasteiger partial charge in [0.25, 0.3) is 5.91 Å². The minimum absolute atomic E-state index is 0.0701. The molecule has 0 fully saturated rings. The molecule has 5 rings (SSSR count). The zero-order valence-electron chi connectivity index (χ0n) is 17.5. The second-order valence-corrected chi connectivity index (χ2v) is 7.97. The van der Waals surface area contributed by atoms with Crippen molar-refractivity contribution in [2.24, 2.45) is 7.05 Å². The minimum Gasteiger partial charge on any atom is -0.484 e. The molecule has 0 spiro atoms. The first-order chi connectivity index (χ1) is 15.2. The van der Waals surface area contributed by atoms with Crippen LogP contribution in [0.2, 0.25) is 0 Å². The van der Waals surface area contributed by atoms with E-state index in [0.29, 0.717) is 5.75 Å². The molecule has 31 heavy (non-hydrogen) atoms. The van der Waals surface area contributed by atoms with Crippen LogP contribution in [0.25, 0.3) is 11.0 Å². The van der Waals surface area contributed by atoms with E-state index < -0.39 is 0 Å². The molecule has 1 aliphatic carbocycles. The Labute approximate surface area is 180 Å². The van der Waals surface area contributed by atoms with E-state index in [1.54, 1.807) is 6.20 Å². The number of carbonyl (C=O) groups is 1. The predicted octanol–water partition coefficient (Wildman–Crippen LogP) is 4.33. The highest BCUT2D eigenvalue weighted by Gasteiger charge is 2.21. The van der Waals surface area contributed by atoms with E-state index in [1.165, 1.54) is 18.4 Å². The van der Waals surface area contributed by atoms with E-state index in [-0.39, 0.29) is 18.6 Å². The van der Waals surface area contributed by atoms with E-state index in [1.807, 2.05) is 66.3 Å². The molecule has 2 aromatic carbocycles. The number of nitrogens with one attached hydrogen (secondary N) is 1. The van der Waals surface area contributed by atoms with Gasteiger partial charge in [-0.05, 0) is 43.0 Å². The van der Waals surface area contributed by atoms with Crippen LogP contribution in [0, 0.1) is 0 Å². The molecular weight excluding hydrogens is 390 g/mol. The highest BCUT2D eigenvalue weighted by Crippen LogP contribution is 2.34. The third-order valence-corrected chi connectivity index (χ3v) is 5.85. The molecule has 1 unspecified atom stereocenters. The van der Waals surface area contributed by atoms with Crippen molar-refractivity contribution in [2.45, 2.75) is 31.7 Å². The Morgan fingerprint density at radius 1 is 1.19 bits per heavy atom. The first kappa shape index (κ1) is 19.4. The van der Waals surface area contributed by atoms with E-state index >= 15 is 0 Å². The molecule has 0 radical (unpaired) electrons. The van der Waals surface area contributed by atoms with Gasteiger partial charge in [-0.3, -0.25) is 4.79 Å². The molecule has 0 aliphatic heterocycles. The van der Waals surface area contributed by atoms with Crippen LogP contribution in [0.3, 0.4) is 0 Å². The van der Waals surface area contributed by atoms with Gasteiger partial charge in [0.2, 0.25) is 0 Å². The topological polar surface area (TPSA) is 69.3 Å². The monoisotopic (exact) mass is 415 g/mol. The van der Waals surface area contributed by atoms with Crippen molar-refractivity contribution in [2.75, 3.05) is 6.61 Å². The van der Waals surface area contributed by atoms with Crippen molar-refractivity contribution in [3.63, 3.8) is 0 Å². The molecule has 1 atom stereocenters. The zero-order valence-corrected chi connectivity index (χ0v) is 17.5. The molecule has 4 aromatic rings. The zero-order chi connectivity index (χ0) is 21.2. The average molecular weight is 415 g/mol. The molecule has 1 N–H and O–H groups in total. The normalized spacial score (nSPS) is 14.2. The van der Waals surface area contributed by atoms with Gasteiger partial charge in [0.15, 0.2) is 6.61 Å². The Kier molecular flexibility index (Phi) is 5.20. The quantitative estimate of drug-likeness (QED) is 0.509. The molecular formula is C25H25N3O3. The Morgan fingerprint density at radius 3 is 2.84 bits per heavy atom. The van der Waals surface area contributed by atoms with Crippen molar-refractivity contribution in [3.05, 3.63) is 83.6 Å². The fraction of sp³-hybridized carbons (Fsp3) is 0.280. The maximum atomic E-state index is 12.8. The number of rotatable bonds is 6. The lowest BCUT2D eigenvalue weighted by atomic mass is 9.96. The van der Waals surface area contributed by atoms with Crippen LogP contribution in [0.4, 0.5) is 0 Å². The van der Waals surface area contributed by atoms with Crippen LogP contribution >= 0.6 is 0 Å². The number of aryl methyl sites for hydroxylation is 3. The summed E-state index contributed by atoms with van der Waals surface area (Å²) in [7, 11) is 1.92. The van der Waals surface area contributed by atoms with Crippen molar-refractivity contribution in [1.82, 2.24) is 14.9 Å². The fourth-order valence-corrected chi connectivity index (χ4v) is 4.28. The summed E-state index contributed by atoms with van der Waals surface area (Å²) in [5.41, 5.74) is 3.15. The van der Waals surface area contributed by atoms with Gasteiger partial charge in [-0.15, -0.1) is 0 Å². The minimum atomic E-state index is -0.347. The van der Waals surface area contributed by atoms with Gasteiger partial charge in [0.05, 0.1) is 0 Å². The van der Waals surface area contributed by atoms with Crippen molar-refractivity contribution in [3.8, 4) is 5.75 Å². The van der Waals surface area contributed by atoms with Crippen LogP contribution in [-0.2, 0) is 24.7 Å². The number of carbonyl (C=O) groups excluding carboxylic acids is 1. The van der Waals surface area contributed by atoms with Gasteiger partial charge < -0.3 is 19.0 Å². The van der Waals surface area contributed by atoms with Crippen LogP contribution in [0.15, 0.2) is 65.3 Å². The molecule has 1 aliphatic rings. The fourth-order valence-electron chi connectivity index (χ4n) is 4.28. The van der Waals surface area contributed by atoms with Gasteiger partial charge in [0.1, 0.15) is 29.0 Å². The van der Waals surface area contributed by atoms with Crippen LogP contribution in [0.1, 0.15) is 41.6 Å². The van der Waals surface area contributed by atoms with E-state index in [9.17, 15) is 4.79 Å². The summed E-state index contributed by atoms with van der Waals surface area (Å²) in [5.74, 6) is 2.33. The third-order valence-electron chi connectivity index (χ3n) is 5.85. The van der Waals surface area contributed by atoms with Crippen LogP contribution < -0.4 is 10.1 Å². The highest BCUT2D eigenvalue weighted by atomic mass is 16.5. The lowest BCUT2D eigenvalue weighted by Crippen LogP contribution is -2.34. The van der Waals surface area contributed by atoms with Gasteiger partial charge in [-0.25, -0.2) is 4.98 Å². The summed E-state index contributed by atoms with van der Waals surface area (Å²) in [5, 5.41) is 4.16. The van der Waals surface area contributed by atoms with Gasteiger partial charge in [0, 0.05) is 36.8 Å². The maximum absolute atomic E-state index is 12.8. The second kappa shape index (κ2) is 8.30. The van der Waals surface area contributed by atoms with Gasteiger partial charge in [-0.2, -0.15) is 0 Å². The molecule has 2 heterocycles. The van der Waals surface area contributed by atoms with E-state index in [2.05, 4.69) is 10.3 Å². The number of benzene rings is 2. The largest absolute Gasteiger partial charge is 0.484 e. The molecule has 2 aromatic heterocycles. The molecule has 158 valence electrons. The summed E-state index contributed by atoms with van der Waals surface area (Å²) in [6.45, 7) is -0.0701. The summed E-state index contributed by atoms with van der Waals surface area (Å²) in [4.78, 5) is 17.2. The van der Waals surface area contributed by atoms with Crippen molar-refractivity contribution in [1.29, 1.82) is 0 Å². The summed E-state index contributed by atoms with van der Waals surface area (Å²) in [6, 6.07) is 15.3. The standard InChI is InChI=1S/C25H25N3O3/c1-28-14-13-26-25(28)24(17-7-3-2-4-8-17)27-23(29)16-30-18-11-12-22-20(15-18)19-9-5-6-10-21(19)31-22/h2-4,7-8,11-15,24H,5-6,9-10,16H2,1H3,(H,27,29). The number of hydrogen-bond acceptors (Lipinski definition) is 4. The Hall–Kier alpha value is -3.54. The first-order valence-electron chi connectivity index (χ1n) is 10.7. The van der Waals surface area contributed by atoms with E-state index in [4.69, 9.17) is 9.15 Å². The molecule has 0 saturated heterocycles. The Bertz CT molecular complexity index is 1210.